The number of furan rings is 1. The number of amides is 2. The minimum Gasteiger partial charge on any atom is -0.495 e. The van der Waals surface area contributed by atoms with Crippen LogP contribution < -0.4 is 9.64 Å². The highest BCUT2D eigenvalue weighted by atomic mass is 35.5. The molecule has 1 saturated heterocycles. The van der Waals surface area contributed by atoms with Crippen LogP contribution in [0.2, 0.25) is 5.02 Å². The molecule has 1 fully saturated rings. The number of rotatable bonds is 7. The van der Waals surface area contributed by atoms with Gasteiger partial charge in [0.2, 0.25) is 5.91 Å². The zero-order chi connectivity index (χ0) is 25.2. The summed E-state index contributed by atoms with van der Waals surface area (Å²) in [5, 5.41) is 0.624. The Labute approximate surface area is 212 Å². The molecule has 0 unspecified atom stereocenters. The summed E-state index contributed by atoms with van der Waals surface area (Å²) in [6.45, 7) is 2.21. The quantitative estimate of drug-likeness (QED) is 0.497. The third-order valence-electron chi connectivity index (χ3n) is 5.68. The first kappa shape index (κ1) is 25.3. The van der Waals surface area contributed by atoms with Crippen molar-refractivity contribution < 1.29 is 27.2 Å². The lowest BCUT2D eigenvalue weighted by Crippen LogP contribution is -2.42. The zero-order valence-electron chi connectivity index (χ0n) is 19.1. The Hall–Kier alpha value is -2.76. The fraction of sp³-hybridized carbons (Fsp3) is 0.348. The van der Waals surface area contributed by atoms with Crippen molar-refractivity contribution in [1.29, 1.82) is 0 Å². The van der Waals surface area contributed by atoms with E-state index in [4.69, 9.17) is 20.8 Å². The average molecular weight is 538 g/mol. The van der Waals surface area contributed by atoms with Gasteiger partial charge in [0.25, 0.3) is 5.91 Å². The molecule has 0 N–H and O–H groups in total. The molecule has 0 radical (unpaired) electrons. The van der Waals surface area contributed by atoms with Crippen LogP contribution in [-0.4, -0.2) is 67.3 Å². The number of carbonyl (C=O) groups excluding carboxylic acids is 2. The number of ether oxygens (including phenoxy) is 1. The Balaban J connectivity index is 1.58. The lowest BCUT2D eigenvalue weighted by molar-refractivity contribution is -0.129. The number of halogens is 1. The zero-order valence-corrected chi connectivity index (χ0v) is 21.5. The number of carbonyl (C=O) groups is 2. The van der Waals surface area contributed by atoms with Gasteiger partial charge < -0.3 is 14.1 Å². The van der Waals surface area contributed by atoms with E-state index in [2.05, 4.69) is 4.99 Å². The maximum atomic E-state index is 13.3. The van der Waals surface area contributed by atoms with Gasteiger partial charge in [-0.2, -0.15) is 0 Å². The molecule has 2 aromatic rings. The molecule has 2 aliphatic rings. The molecule has 2 amide bonds. The first-order valence-electron chi connectivity index (χ1n) is 10.9. The predicted molar refractivity (Wildman–Crippen MR) is 137 cm³/mol. The SMILES string of the molecule is CCN(C(=O)CSC1=N/C(=C\c2ccco2)C(=O)N1c1ccc(OC)c(Cl)c1)[C@H]1CCS(=O)(=O)C1. The molecule has 3 heterocycles. The number of nitrogens with zero attached hydrogens (tertiary/aromatic N) is 3. The van der Waals surface area contributed by atoms with Crippen LogP contribution in [0.4, 0.5) is 5.69 Å². The molecule has 0 aliphatic carbocycles. The van der Waals surface area contributed by atoms with E-state index < -0.39 is 15.7 Å². The second-order valence-corrected chi connectivity index (χ2v) is 11.5. The van der Waals surface area contributed by atoms with E-state index in [-0.39, 0.29) is 34.9 Å². The molecule has 9 nitrogen and oxygen atoms in total. The van der Waals surface area contributed by atoms with Crippen molar-refractivity contribution in [3.63, 3.8) is 0 Å². The van der Waals surface area contributed by atoms with Crippen molar-refractivity contribution in [3.8, 4) is 5.75 Å². The second kappa shape index (κ2) is 10.5. The van der Waals surface area contributed by atoms with Gasteiger partial charge in [-0.25, -0.2) is 13.4 Å². The van der Waals surface area contributed by atoms with Crippen molar-refractivity contribution in [2.75, 3.05) is 35.8 Å². The predicted octanol–water partition coefficient (Wildman–Crippen LogP) is 3.45. The third-order valence-corrected chi connectivity index (χ3v) is 8.65. The van der Waals surface area contributed by atoms with Gasteiger partial charge in [0.1, 0.15) is 17.2 Å². The summed E-state index contributed by atoms with van der Waals surface area (Å²) in [4.78, 5) is 33.7. The van der Waals surface area contributed by atoms with E-state index in [0.29, 0.717) is 40.4 Å². The smallest absolute Gasteiger partial charge is 0.283 e. The van der Waals surface area contributed by atoms with Gasteiger partial charge >= 0.3 is 0 Å². The van der Waals surface area contributed by atoms with Crippen LogP contribution in [0.5, 0.6) is 5.75 Å². The summed E-state index contributed by atoms with van der Waals surface area (Å²) in [7, 11) is -1.63. The maximum absolute atomic E-state index is 13.3. The van der Waals surface area contributed by atoms with Gasteiger partial charge in [-0.3, -0.25) is 14.5 Å². The summed E-state index contributed by atoms with van der Waals surface area (Å²) in [5.41, 5.74) is 0.618. The molecular weight excluding hydrogens is 514 g/mol. The van der Waals surface area contributed by atoms with Gasteiger partial charge in [0, 0.05) is 18.7 Å². The fourth-order valence-corrected chi connectivity index (χ4v) is 6.87. The van der Waals surface area contributed by atoms with Crippen LogP contribution in [0.3, 0.4) is 0 Å². The van der Waals surface area contributed by atoms with Crippen LogP contribution in [0.25, 0.3) is 6.08 Å². The van der Waals surface area contributed by atoms with Gasteiger partial charge in [-0.05, 0) is 43.7 Å². The van der Waals surface area contributed by atoms with Crippen molar-refractivity contribution >= 4 is 61.9 Å². The summed E-state index contributed by atoms with van der Waals surface area (Å²) in [5.74, 6) is 0.362. The number of sulfone groups is 1. The van der Waals surface area contributed by atoms with Gasteiger partial charge in [-0.15, -0.1) is 0 Å². The highest BCUT2D eigenvalue weighted by Gasteiger charge is 2.36. The van der Waals surface area contributed by atoms with E-state index >= 15 is 0 Å². The average Bonchev–Trinajstić information content (AvgIpc) is 3.53. The van der Waals surface area contributed by atoms with E-state index in [9.17, 15) is 18.0 Å². The number of thioether (sulfide) groups is 1. The van der Waals surface area contributed by atoms with Gasteiger partial charge in [-0.1, -0.05) is 23.4 Å². The first-order chi connectivity index (χ1) is 16.7. The lowest BCUT2D eigenvalue weighted by Gasteiger charge is -2.27. The van der Waals surface area contributed by atoms with Crippen LogP contribution in [0.1, 0.15) is 19.1 Å². The first-order valence-corrected chi connectivity index (χ1v) is 14.1. The molecule has 186 valence electrons. The molecule has 12 heteroatoms. The second-order valence-electron chi connectivity index (χ2n) is 7.92. The summed E-state index contributed by atoms with van der Waals surface area (Å²) >= 11 is 7.39. The number of hydrogen-bond acceptors (Lipinski definition) is 8. The number of methoxy groups -OCH3 is 1. The molecule has 0 saturated carbocycles. The molecule has 2 aliphatic heterocycles. The van der Waals surface area contributed by atoms with Crippen molar-refractivity contribution in [3.05, 3.63) is 53.1 Å². The number of benzene rings is 1. The summed E-state index contributed by atoms with van der Waals surface area (Å²) < 4.78 is 34.3. The Bertz CT molecular complexity index is 1290. The van der Waals surface area contributed by atoms with Crippen LogP contribution in [0.15, 0.2) is 51.7 Å². The lowest BCUT2D eigenvalue weighted by atomic mass is 10.2. The van der Waals surface area contributed by atoms with Crippen molar-refractivity contribution in [2.45, 2.75) is 19.4 Å². The Kier molecular flexibility index (Phi) is 7.58. The standard InChI is InChI=1S/C23H24ClN3O6S2/c1-3-26(16-8-10-35(30,31)14-16)21(28)13-34-23-25-19(12-17-5-4-9-33-17)22(29)27(23)15-6-7-20(32-2)18(24)11-15/h4-7,9,11-12,16H,3,8,10,13-14H2,1-2H3/b19-12-/t16-/m0/s1. The van der Waals surface area contributed by atoms with E-state index in [1.165, 1.54) is 24.3 Å². The van der Waals surface area contributed by atoms with Crippen LogP contribution >= 0.6 is 23.4 Å². The molecule has 1 aromatic heterocycles. The molecule has 35 heavy (non-hydrogen) atoms. The summed E-state index contributed by atoms with van der Waals surface area (Å²) in [6, 6.07) is 7.98. The number of anilines is 1. The normalized spacial score (nSPS) is 20.4. The van der Waals surface area contributed by atoms with E-state index in [1.54, 1.807) is 35.2 Å². The van der Waals surface area contributed by atoms with Crippen LogP contribution in [0, 0.1) is 0 Å². The van der Waals surface area contributed by atoms with E-state index in [0.717, 1.165) is 11.8 Å². The van der Waals surface area contributed by atoms with Gasteiger partial charge in [0.15, 0.2) is 15.0 Å². The van der Waals surface area contributed by atoms with Crippen LogP contribution in [-0.2, 0) is 19.4 Å². The number of amidine groups is 1. The fourth-order valence-electron chi connectivity index (χ4n) is 3.99. The molecule has 4 rings (SSSR count). The molecule has 1 atom stereocenters. The molecular formula is C23H24ClN3O6S2. The topological polar surface area (TPSA) is 109 Å². The minimum absolute atomic E-state index is 0.00901. The minimum atomic E-state index is -3.13. The molecule has 0 bridgehead atoms. The Morgan fingerprint density at radius 2 is 2.20 bits per heavy atom. The maximum Gasteiger partial charge on any atom is 0.283 e. The monoisotopic (exact) mass is 537 g/mol. The molecule has 1 aromatic carbocycles. The third kappa shape index (κ3) is 5.57. The highest BCUT2D eigenvalue weighted by molar-refractivity contribution is 8.14. The number of aliphatic imine (C=N–C) groups is 1. The summed E-state index contributed by atoms with van der Waals surface area (Å²) in [6.07, 6.45) is 3.45. The van der Waals surface area contributed by atoms with Gasteiger partial charge in [0.05, 0.1) is 41.3 Å². The largest absolute Gasteiger partial charge is 0.495 e. The van der Waals surface area contributed by atoms with Crippen molar-refractivity contribution in [2.24, 2.45) is 4.99 Å². The Morgan fingerprint density at radius 3 is 2.80 bits per heavy atom. The highest BCUT2D eigenvalue weighted by Crippen LogP contribution is 2.34. The van der Waals surface area contributed by atoms with Crippen molar-refractivity contribution in [1.82, 2.24) is 4.90 Å². The Morgan fingerprint density at radius 1 is 1.40 bits per heavy atom. The van der Waals surface area contributed by atoms with E-state index in [1.807, 2.05) is 6.92 Å². The number of hydrogen-bond donors (Lipinski definition) is 0. The molecule has 0 spiro atoms.